The van der Waals surface area contributed by atoms with E-state index < -0.39 is 5.97 Å². The molecule has 9 heavy (non-hydrogen) atoms. The molecule has 52 valence electrons. The van der Waals surface area contributed by atoms with Gasteiger partial charge in [-0.2, -0.15) is 0 Å². The topological polar surface area (TPSA) is 40.5 Å². The van der Waals surface area contributed by atoms with Crippen molar-refractivity contribution in [1.29, 1.82) is 0 Å². The number of carbonyl (C=O) groups is 1. The van der Waals surface area contributed by atoms with E-state index in [1.54, 1.807) is 0 Å². The third-order valence-electron chi connectivity index (χ3n) is 1.49. The highest BCUT2D eigenvalue weighted by Gasteiger charge is 2.26. The zero-order chi connectivity index (χ0) is 6.85. The van der Waals surface area contributed by atoms with Crippen LogP contribution in [0.3, 0.4) is 0 Å². The molecule has 0 aliphatic carbocycles. The normalized spacial score (nSPS) is 28.8. The van der Waals surface area contributed by atoms with E-state index in [4.69, 9.17) is 5.11 Å². The summed E-state index contributed by atoms with van der Waals surface area (Å²) in [6.45, 7) is 1.62. The van der Waals surface area contributed by atoms with Gasteiger partial charge in [0.25, 0.3) is 0 Å². The molecule has 1 atom stereocenters. The first kappa shape index (κ1) is 7.27. The summed E-state index contributed by atoms with van der Waals surface area (Å²) in [5.74, 6) is -0.781. The molecule has 0 radical (unpaired) electrons. The molecule has 1 saturated heterocycles. The van der Waals surface area contributed by atoms with Gasteiger partial charge in [0.15, 0.2) is 0 Å². The lowest BCUT2D eigenvalue weighted by Gasteiger charge is -2.01. The molecule has 0 aromatic carbocycles. The summed E-state index contributed by atoms with van der Waals surface area (Å²) in [6.07, 6.45) is 0.804. The second kappa shape index (κ2) is 2.83. The van der Waals surface area contributed by atoms with Gasteiger partial charge < -0.3 is 5.11 Å². The molecule has 4 heteroatoms. The zero-order valence-corrected chi connectivity index (χ0v) is 7.04. The summed E-state index contributed by atoms with van der Waals surface area (Å²) in [6, 6.07) is 0. The number of carboxylic acids is 1. The predicted octanol–water partition coefficient (Wildman–Crippen LogP) is 0.743. The largest absolute Gasteiger partial charge is 0.481 e. The Bertz CT molecular complexity index is 128. The average Bonchev–Trinajstić information content (AvgIpc) is 2.14. The second-order valence-corrected chi connectivity index (χ2v) is 3.56. The molecule has 0 saturated carbocycles. The molecule has 3 nitrogen and oxygen atoms in total. The minimum absolute atomic E-state index is 0.123. The smallest absolute Gasteiger partial charge is 0.307 e. The first-order valence-electron chi connectivity index (χ1n) is 2.83. The number of rotatable bonds is 1. The van der Waals surface area contributed by atoms with Crippen molar-refractivity contribution in [2.45, 2.75) is 6.42 Å². The maximum atomic E-state index is 10.3. The quantitative estimate of drug-likeness (QED) is 0.543. The van der Waals surface area contributed by atoms with Gasteiger partial charge in [0, 0.05) is 36.0 Å². The third kappa shape index (κ3) is 1.79. The van der Waals surface area contributed by atoms with Gasteiger partial charge in [-0.25, -0.2) is 3.11 Å². The Kier molecular flexibility index (Phi) is 2.29. The Morgan fingerprint density at radius 2 is 2.44 bits per heavy atom. The summed E-state index contributed by atoms with van der Waals surface area (Å²) in [4.78, 5) is 10.3. The maximum absolute atomic E-state index is 10.3. The van der Waals surface area contributed by atoms with E-state index in [1.165, 1.54) is 0 Å². The van der Waals surface area contributed by atoms with Crippen molar-refractivity contribution in [2.24, 2.45) is 5.92 Å². The molecular formula is C5H8INO2. The van der Waals surface area contributed by atoms with E-state index in [0.29, 0.717) is 6.54 Å². The van der Waals surface area contributed by atoms with Crippen LogP contribution in [0.2, 0.25) is 0 Å². The summed E-state index contributed by atoms with van der Waals surface area (Å²) in [5.41, 5.74) is 0. The molecule has 0 unspecified atom stereocenters. The van der Waals surface area contributed by atoms with E-state index >= 15 is 0 Å². The van der Waals surface area contributed by atoms with Crippen LogP contribution in [-0.4, -0.2) is 27.3 Å². The summed E-state index contributed by atoms with van der Waals surface area (Å²) in [7, 11) is 0. The van der Waals surface area contributed by atoms with E-state index in [9.17, 15) is 4.79 Å². The van der Waals surface area contributed by atoms with E-state index in [1.807, 2.05) is 3.11 Å². The third-order valence-corrected chi connectivity index (χ3v) is 2.36. The maximum Gasteiger partial charge on any atom is 0.307 e. The highest BCUT2D eigenvalue weighted by atomic mass is 127. The molecule has 1 N–H and O–H groups in total. The van der Waals surface area contributed by atoms with Gasteiger partial charge >= 0.3 is 5.97 Å². The van der Waals surface area contributed by atoms with Crippen LogP contribution in [0.5, 0.6) is 0 Å². The fourth-order valence-electron chi connectivity index (χ4n) is 0.919. The van der Waals surface area contributed by atoms with Crippen LogP contribution < -0.4 is 0 Å². The SMILES string of the molecule is O=C(O)[C@@H]1CCN(I)C1. The lowest BCUT2D eigenvalue weighted by Crippen LogP contribution is -2.15. The molecule has 0 aromatic rings. The Morgan fingerprint density at radius 1 is 1.78 bits per heavy atom. The monoisotopic (exact) mass is 241 g/mol. The fraction of sp³-hybridized carbons (Fsp3) is 0.800. The van der Waals surface area contributed by atoms with E-state index in [0.717, 1.165) is 13.0 Å². The first-order chi connectivity index (χ1) is 4.20. The summed E-state index contributed by atoms with van der Waals surface area (Å²) >= 11 is 2.15. The standard InChI is InChI=1S/C5H8INO2/c6-7-2-1-4(3-7)5(8)9/h4H,1-3H2,(H,8,9)/t4-/m1/s1. The molecule has 1 aliphatic heterocycles. The Hall–Kier alpha value is 0.160. The molecule has 0 spiro atoms. The Labute approximate surface area is 67.5 Å². The van der Waals surface area contributed by atoms with Crippen molar-refractivity contribution in [3.63, 3.8) is 0 Å². The fourth-order valence-corrected chi connectivity index (χ4v) is 1.67. The van der Waals surface area contributed by atoms with Crippen molar-refractivity contribution in [3.8, 4) is 0 Å². The molecule has 1 aliphatic rings. The van der Waals surface area contributed by atoms with Crippen LogP contribution in [0.15, 0.2) is 0 Å². The van der Waals surface area contributed by atoms with Crippen LogP contribution >= 0.6 is 22.9 Å². The Morgan fingerprint density at radius 3 is 2.67 bits per heavy atom. The van der Waals surface area contributed by atoms with Gasteiger partial charge in [-0.3, -0.25) is 4.79 Å². The second-order valence-electron chi connectivity index (χ2n) is 2.19. The van der Waals surface area contributed by atoms with Crippen molar-refractivity contribution in [1.82, 2.24) is 3.11 Å². The van der Waals surface area contributed by atoms with Crippen LogP contribution in [0, 0.1) is 5.92 Å². The average molecular weight is 241 g/mol. The molecule has 1 heterocycles. The minimum Gasteiger partial charge on any atom is -0.481 e. The van der Waals surface area contributed by atoms with Gasteiger partial charge in [-0.1, -0.05) is 0 Å². The molecule has 1 rings (SSSR count). The van der Waals surface area contributed by atoms with Crippen LogP contribution in [0.1, 0.15) is 6.42 Å². The number of nitrogens with zero attached hydrogens (tertiary/aromatic N) is 1. The number of hydrogen-bond donors (Lipinski definition) is 1. The molecular weight excluding hydrogens is 233 g/mol. The predicted molar refractivity (Wildman–Crippen MR) is 41.3 cm³/mol. The number of aliphatic carboxylic acids is 1. The van der Waals surface area contributed by atoms with Gasteiger partial charge in [-0.15, -0.1) is 0 Å². The lowest BCUT2D eigenvalue weighted by atomic mass is 10.1. The lowest BCUT2D eigenvalue weighted by molar-refractivity contribution is -0.141. The molecule has 1 fully saturated rings. The molecule has 0 amide bonds. The summed E-state index contributed by atoms with van der Waals surface area (Å²) in [5, 5.41) is 8.50. The number of hydrogen-bond acceptors (Lipinski definition) is 2. The Balaban J connectivity index is 2.39. The van der Waals surface area contributed by atoms with Crippen LogP contribution in [-0.2, 0) is 4.79 Å². The first-order valence-corrected chi connectivity index (χ1v) is 3.80. The van der Waals surface area contributed by atoms with Crippen molar-refractivity contribution >= 4 is 28.8 Å². The zero-order valence-electron chi connectivity index (χ0n) is 4.88. The number of halogens is 1. The van der Waals surface area contributed by atoms with Gasteiger partial charge in [0.05, 0.1) is 5.92 Å². The van der Waals surface area contributed by atoms with Gasteiger partial charge in [-0.05, 0) is 6.42 Å². The van der Waals surface area contributed by atoms with Crippen molar-refractivity contribution < 1.29 is 9.90 Å². The minimum atomic E-state index is -0.658. The van der Waals surface area contributed by atoms with E-state index in [-0.39, 0.29) is 5.92 Å². The molecule has 0 bridgehead atoms. The van der Waals surface area contributed by atoms with Crippen molar-refractivity contribution in [2.75, 3.05) is 13.1 Å². The molecule has 0 aromatic heterocycles. The summed E-state index contributed by atoms with van der Waals surface area (Å²) < 4.78 is 2.01. The van der Waals surface area contributed by atoms with Gasteiger partial charge in [0.2, 0.25) is 0 Å². The highest BCUT2D eigenvalue weighted by Crippen LogP contribution is 2.18. The van der Waals surface area contributed by atoms with Gasteiger partial charge in [0.1, 0.15) is 0 Å². The van der Waals surface area contributed by atoms with Crippen molar-refractivity contribution in [3.05, 3.63) is 0 Å². The van der Waals surface area contributed by atoms with Crippen LogP contribution in [0.4, 0.5) is 0 Å². The number of carboxylic acid groups (broad SMARTS) is 1. The highest BCUT2D eigenvalue weighted by molar-refractivity contribution is 14.1. The van der Waals surface area contributed by atoms with E-state index in [2.05, 4.69) is 22.9 Å². The van der Waals surface area contributed by atoms with Crippen LogP contribution in [0.25, 0.3) is 0 Å².